The summed E-state index contributed by atoms with van der Waals surface area (Å²) in [5.74, 6) is 4.69. The fourth-order valence-electron chi connectivity index (χ4n) is 3.90. The van der Waals surface area contributed by atoms with Crippen LogP contribution in [0.15, 0.2) is 41.2 Å². The second-order valence-electron chi connectivity index (χ2n) is 7.87. The number of rotatable bonds is 1. The van der Waals surface area contributed by atoms with E-state index in [0.717, 1.165) is 0 Å². The predicted molar refractivity (Wildman–Crippen MR) is 110 cm³/mol. The van der Waals surface area contributed by atoms with Crippen molar-refractivity contribution >= 4 is 22.4 Å². The van der Waals surface area contributed by atoms with Gasteiger partial charge in [0.1, 0.15) is 11.2 Å². The summed E-state index contributed by atoms with van der Waals surface area (Å²) in [5, 5.41) is 0.144. The molecule has 0 saturated heterocycles. The van der Waals surface area contributed by atoms with Crippen LogP contribution < -0.4 is 10.6 Å². The zero-order valence-corrected chi connectivity index (χ0v) is 16.7. The number of nitrogens with zero attached hydrogens (tertiary/aromatic N) is 2. The Hall–Kier alpha value is -3.38. The Morgan fingerprint density at radius 1 is 1.16 bits per heavy atom. The van der Waals surface area contributed by atoms with Gasteiger partial charge in [-0.15, -0.1) is 0 Å². The lowest BCUT2D eigenvalue weighted by Gasteiger charge is -2.24. The van der Waals surface area contributed by atoms with Crippen molar-refractivity contribution in [2.45, 2.75) is 25.6 Å². The van der Waals surface area contributed by atoms with Crippen LogP contribution in [0.25, 0.3) is 10.9 Å². The molecule has 2 aromatic carbocycles. The number of benzene rings is 2. The Kier molecular flexibility index (Phi) is 4.71. The summed E-state index contributed by atoms with van der Waals surface area (Å²) in [6, 6.07) is 9.37. The molecule has 2 aliphatic rings. The van der Waals surface area contributed by atoms with Crippen LogP contribution in [0, 0.1) is 23.1 Å². The van der Waals surface area contributed by atoms with Crippen molar-refractivity contribution in [1.82, 2.24) is 9.97 Å². The van der Waals surface area contributed by atoms with Crippen LogP contribution in [0.3, 0.4) is 0 Å². The quantitative estimate of drug-likeness (QED) is 0.447. The molecule has 5 rings (SSSR count). The smallest absolute Gasteiger partial charge is 0.375 e. The Morgan fingerprint density at radius 2 is 1.94 bits per heavy atom. The minimum atomic E-state index is -4.38. The molecule has 0 bridgehead atoms. The van der Waals surface area contributed by atoms with Crippen LogP contribution in [0.1, 0.15) is 24.0 Å². The van der Waals surface area contributed by atoms with Gasteiger partial charge in [0.2, 0.25) is 0 Å². The van der Waals surface area contributed by atoms with Gasteiger partial charge in [0.05, 0.1) is 24.1 Å². The fraction of sp³-hybridized carbons (Fsp3) is 0.304. The molecular weight excluding hydrogens is 426 g/mol. The molecule has 0 spiro atoms. The molecule has 2 heterocycles. The van der Waals surface area contributed by atoms with Gasteiger partial charge in [0.15, 0.2) is 5.82 Å². The van der Waals surface area contributed by atoms with E-state index < -0.39 is 23.1 Å². The molecule has 32 heavy (non-hydrogen) atoms. The minimum Gasteiger partial charge on any atom is -0.375 e. The van der Waals surface area contributed by atoms with E-state index >= 15 is 0 Å². The third kappa shape index (κ3) is 3.41. The first kappa shape index (κ1) is 20.5. The number of aromatic nitrogens is 2. The van der Waals surface area contributed by atoms with E-state index in [1.54, 1.807) is 29.2 Å². The van der Waals surface area contributed by atoms with Crippen molar-refractivity contribution in [3.8, 4) is 11.8 Å². The third-order valence-corrected chi connectivity index (χ3v) is 5.82. The van der Waals surface area contributed by atoms with Gasteiger partial charge in [-0.2, -0.15) is 18.2 Å². The van der Waals surface area contributed by atoms with Crippen LogP contribution in [0.2, 0.25) is 0 Å². The largest absolute Gasteiger partial charge is 0.405 e. The van der Waals surface area contributed by atoms with Crippen molar-refractivity contribution in [1.29, 1.82) is 0 Å². The van der Waals surface area contributed by atoms with E-state index in [2.05, 4.69) is 21.8 Å². The number of nitrogens with one attached hydrogen (secondary N) is 1. The number of alkyl halides is 3. The summed E-state index contributed by atoms with van der Waals surface area (Å²) < 4.78 is 60.3. The van der Waals surface area contributed by atoms with Gasteiger partial charge in [-0.1, -0.05) is 24.0 Å². The van der Waals surface area contributed by atoms with Crippen molar-refractivity contribution < 1.29 is 22.3 Å². The van der Waals surface area contributed by atoms with Gasteiger partial charge >= 0.3 is 11.9 Å². The number of hydrogen-bond donors (Lipinski definition) is 1. The predicted octanol–water partition coefficient (Wildman–Crippen LogP) is 4.42. The Balaban J connectivity index is 1.66. The van der Waals surface area contributed by atoms with Crippen LogP contribution in [0.4, 0.5) is 29.1 Å². The summed E-state index contributed by atoms with van der Waals surface area (Å²) in [7, 11) is 0. The van der Waals surface area contributed by atoms with Gasteiger partial charge in [-0.25, -0.2) is 9.18 Å². The maximum Gasteiger partial charge on any atom is 0.405 e. The highest BCUT2D eigenvalue weighted by Crippen LogP contribution is 2.57. The van der Waals surface area contributed by atoms with E-state index in [4.69, 9.17) is 4.74 Å². The number of anilines is 2. The fourth-order valence-corrected chi connectivity index (χ4v) is 3.90. The zero-order chi connectivity index (χ0) is 22.5. The lowest BCUT2D eigenvalue weighted by molar-refractivity contribution is -0.168. The summed E-state index contributed by atoms with van der Waals surface area (Å²) in [6.07, 6.45) is -4.40. The monoisotopic (exact) mass is 443 g/mol. The van der Waals surface area contributed by atoms with E-state index in [1.807, 2.05) is 0 Å². The van der Waals surface area contributed by atoms with E-state index in [-0.39, 0.29) is 43.8 Å². The van der Waals surface area contributed by atoms with Crippen molar-refractivity contribution in [2.75, 3.05) is 18.1 Å². The van der Waals surface area contributed by atoms with Crippen LogP contribution in [-0.2, 0) is 11.3 Å². The van der Waals surface area contributed by atoms with Crippen molar-refractivity contribution in [3.05, 3.63) is 63.8 Å². The molecule has 9 heteroatoms. The average Bonchev–Trinajstić information content (AvgIpc) is 3.55. The SMILES string of the molecule is O=c1nc(N2CCOCc3c(C#CC4(C(F)(F)F)CC4)cccc32)c2c(F)cccc2[nH]1. The number of aromatic amines is 1. The number of hydrogen-bond acceptors (Lipinski definition) is 4. The lowest BCUT2D eigenvalue weighted by atomic mass is 10.0. The van der Waals surface area contributed by atoms with Crippen molar-refractivity contribution in [3.63, 3.8) is 0 Å². The third-order valence-electron chi connectivity index (χ3n) is 5.82. The van der Waals surface area contributed by atoms with Gasteiger partial charge in [-0.05, 0) is 37.1 Å². The molecule has 1 N–H and O–H groups in total. The van der Waals surface area contributed by atoms with Crippen molar-refractivity contribution in [2.24, 2.45) is 5.41 Å². The average molecular weight is 443 g/mol. The topological polar surface area (TPSA) is 58.2 Å². The molecule has 0 unspecified atom stereocenters. The molecule has 1 aliphatic carbocycles. The number of H-pyrrole nitrogens is 1. The van der Waals surface area contributed by atoms with E-state index in [9.17, 15) is 22.4 Å². The Labute approximate surface area is 180 Å². The molecule has 1 aliphatic heterocycles. The first-order valence-corrected chi connectivity index (χ1v) is 10.0. The van der Waals surface area contributed by atoms with E-state index in [1.165, 1.54) is 12.1 Å². The van der Waals surface area contributed by atoms with E-state index in [0.29, 0.717) is 22.3 Å². The lowest BCUT2D eigenvalue weighted by Crippen LogP contribution is -2.25. The van der Waals surface area contributed by atoms with Gasteiger partial charge in [-0.3, -0.25) is 0 Å². The molecule has 1 saturated carbocycles. The normalized spacial score (nSPS) is 17.3. The second kappa shape index (κ2) is 7.35. The summed E-state index contributed by atoms with van der Waals surface area (Å²) in [4.78, 5) is 20.4. The highest BCUT2D eigenvalue weighted by atomic mass is 19.4. The standard InChI is InChI=1S/C23H17F4N3O2/c24-16-4-2-5-17-19(16)20(29-21(31)28-17)30-11-12-32-13-15-14(3-1-6-18(15)30)7-8-22(9-10-22)23(25,26)27/h1-6H,9-13H2,(H,28,29,31). The first-order chi connectivity index (χ1) is 15.3. The number of halogens is 4. The molecule has 0 amide bonds. The molecule has 1 aromatic heterocycles. The molecule has 0 atom stereocenters. The molecular formula is C23H17F4N3O2. The maximum absolute atomic E-state index is 14.7. The Morgan fingerprint density at radius 3 is 2.69 bits per heavy atom. The van der Waals surface area contributed by atoms with Crippen LogP contribution in [-0.4, -0.2) is 29.3 Å². The minimum absolute atomic E-state index is 0.0108. The Bertz CT molecular complexity index is 1330. The van der Waals surface area contributed by atoms with Gasteiger partial charge < -0.3 is 14.6 Å². The van der Waals surface area contributed by atoms with Gasteiger partial charge in [0, 0.05) is 23.4 Å². The molecule has 0 radical (unpaired) electrons. The molecule has 164 valence electrons. The van der Waals surface area contributed by atoms with Crippen LogP contribution in [0.5, 0.6) is 0 Å². The molecule has 5 nitrogen and oxygen atoms in total. The highest BCUT2D eigenvalue weighted by molar-refractivity contribution is 5.92. The van der Waals surface area contributed by atoms with Crippen LogP contribution >= 0.6 is 0 Å². The first-order valence-electron chi connectivity index (χ1n) is 10.0. The maximum atomic E-state index is 14.7. The summed E-state index contributed by atoms with van der Waals surface area (Å²) in [6.45, 7) is 0.647. The molecule has 1 fully saturated rings. The summed E-state index contributed by atoms with van der Waals surface area (Å²) in [5.41, 5.74) is -0.755. The second-order valence-corrected chi connectivity index (χ2v) is 7.87. The highest BCUT2D eigenvalue weighted by Gasteiger charge is 2.62. The number of fused-ring (bicyclic) bond motifs is 2. The van der Waals surface area contributed by atoms with Gasteiger partial charge in [0.25, 0.3) is 0 Å². The zero-order valence-electron chi connectivity index (χ0n) is 16.7. The summed E-state index contributed by atoms with van der Waals surface area (Å²) >= 11 is 0. The number of ether oxygens (including phenoxy) is 1. The molecule has 3 aromatic rings.